The molecule has 2 aromatic carbocycles. The number of nitrogens with zero attached hydrogens (tertiary/aromatic N) is 1. The van der Waals surface area contributed by atoms with Crippen molar-refractivity contribution in [2.45, 2.75) is 23.9 Å². The van der Waals surface area contributed by atoms with Crippen LogP contribution in [0.25, 0.3) is 11.1 Å². The van der Waals surface area contributed by atoms with E-state index >= 15 is 0 Å². The molecule has 1 N–H and O–H groups in total. The monoisotopic (exact) mass is 390 g/mol. The number of benzene rings is 2. The Hall–Kier alpha value is -2.38. The summed E-state index contributed by atoms with van der Waals surface area (Å²) < 4.78 is 16.3. The highest BCUT2D eigenvalue weighted by Gasteiger charge is 2.19. The van der Waals surface area contributed by atoms with Gasteiger partial charge in [-0.2, -0.15) is 0 Å². The minimum absolute atomic E-state index is 0.104. The van der Waals surface area contributed by atoms with Crippen LogP contribution in [0.5, 0.6) is 11.5 Å². The second-order valence-electron chi connectivity index (χ2n) is 5.76. The van der Waals surface area contributed by atoms with E-state index in [4.69, 9.17) is 25.5 Å². The zero-order valence-electron chi connectivity index (χ0n) is 13.8. The number of ether oxygens (including phenoxy) is 2. The molecule has 0 aliphatic carbocycles. The Kier molecular flexibility index (Phi) is 4.65. The Morgan fingerprint density at radius 1 is 1.27 bits per heavy atom. The summed E-state index contributed by atoms with van der Waals surface area (Å²) in [7, 11) is 0. The minimum Gasteiger partial charge on any atom is -0.454 e. The molecule has 0 saturated carbocycles. The van der Waals surface area contributed by atoms with Crippen LogP contribution in [0.1, 0.15) is 12.5 Å². The van der Waals surface area contributed by atoms with Crippen molar-refractivity contribution in [3.63, 3.8) is 0 Å². The number of carbonyl (C=O) groups excluding carboxylic acids is 1. The molecule has 1 amide bonds. The van der Waals surface area contributed by atoms with Crippen LogP contribution >= 0.6 is 23.4 Å². The number of fused-ring (bicyclic) bond motifs is 2. The van der Waals surface area contributed by atoms with Gasteiger partial charge in [-0.3, -0.25) is 4.79 Å². The largest absolute Gasteiger partial charge is 0.454 e. The van der Waals surface area contributed by atoms with Gasteiger partial charge in [0.25, 0.3) is 5.22 Å². The maximum Gasteiger partial charge on any atom is 0.257 e. The summed E-state index contributed by atoms with van der Waals surface area (Å²) >= 11 is 7.20. The van der Waals surface area contributed by atoms with E-state index in [9.17, 15) is 4.79 Å². The Labute approximate surface area is 158 Å². The van der Waals surface area contributed by atoms with Gasteiger partial charge in [0.1, 0.15) is 5.52 Å². The Morgan fingerprint density at radius 2 is 2.12 bits per heavy atom. The van der Waals surface area contributed by atoms with Crippen LogP contribution in [0.4, 0.5) is 0 Å². The molecule has 1 aliphatic rings. The van der Waals surface area contributed by atoms with E-state index in [1.165, 1.54) is 11.8 Å². The molecule has 1 aliphatic heterocycles. The van der Waals surface area contributed by atoms with Gasteiger partial charge in [-0.15, -0.1) is 0 Å². The number of amides is 1. The van der Waals surface area contributed by atoms with Gasteiger partial charge < -0.3 is 19.2 Å². The highest BCUT2D eigenvalue weighted by atomic mass is 35.5. The van der Waals surface area contributed by atoms with E-state index in [1.807, 2.05) is 25.1 Å². The highest BCUT2D eigenvalue weighted by molar-refractivity contribution is 8.00. The van der Waals surface area contributed by atoms with Crippen molar-refractivity contribution in [1.82, 2.24) is 10.3 Å². The maximum atomic E-state index is 12.3. The fourth-order valence-corrected chi connectivity index (χ4v) is 3.46. The van der Waals surface area contributed by atoms with Gasteiger partial charge in [0, 0.05) is 17.6 Å². The molecule has 0 fully saturated rings. The maximum absolute atomic E-state index is 12.3. The molecule has 0 unspecified atom stereocenters. The summed E-state index contributed by atoms with van der Waals surface area (Å²) in [4.78, 5) is 16.7. The lowest BCUT2D eigenvalue weighted by atomic mass is 10.2. The highest BCUT2D eigenvalue weighted by Crippen LogP contribution is 2.32. The molecule has 1 aromatic heterocycles. The lowest BCUT2D eigenvalue weighted by Gasteiger charge is -2.10. The third-order valence-electron chi connectivity index (χ3n) is 3.88. The topological polar surface area (TPSA) is 73.6 Å². The number of thioether (sulfide) groups is 1. The molecule has 0 bridgehead atoms. The summed E-state index contributed by atoms with van der Waals surface area (Å²) in [6.45, 7) is 2.44. The molecule has 8 heteroatoms. The Morgan fingerprint density at radius 3 is 3.00 bits per heavy atom. The molecule has 26 heavy (non-hydrogen) atoms. The van der Waals surface area contributed by atoms with Crippen molar-refractivity contribution >= 4 is 40.4 Å². The molecule has 3 aromatic rings. The summed E-state index contributed by atoms with van der Waals surface area (Å²) in [5.74, 6) is 1.32. The average molecular weight is 391 g/mol. The van der Waals surface area contributed by atoms with Crippen LogP contribution in [0, 0.1) is 0 Å². The van der Waals surface area contributed by atoms with E-state index in [2.05, 4.69) is 10.3 Å². The zero-order chi connectivity index (χ0) is 18.1. The van der Waals surface area contributed by atoms with Gasteiger partial charge in [0.15, 0.2) is 17.1 Å². The van der Waals surface area contributed by atoms with Gasteiger partial charge in [-0.25, -0.2) is 4.98 Å². The second kappa shape index (κ2) is 7.09. The zero-order valence-corrected chi connectivity index (χ0v) is 15.4. The molecule has 6 nitrogen and oxygen atoms in total. The van der Waals surface area contributed by atoms with Gasteiger partial charge in [-0.05, 0) is 36.8 Å². The first-order valence-corrected chi connectivity index (χ1v) is 9.23. The van der Waals surface area contributed by atoms with E-state index in [-0.39, 0.29) is 18.0 Å². The van der Waals surface area contributed by atoms with Crippen molar-refractivity contribution in [1.29, 1.82) is 0 Å². The third kappa shape index (κ3) is 3.59. The van der Waals surface area contributed by atoms with E-state index < -0.39 is 0 Å². The van der Waals surface area contributed by atoms with Crippen molar-refractivity contribution in [3.8, 4) is 11.5 Å². The van der Waals surface area contributed by atoms with Crippen LogP contribution in [-0.2, 0) is 11.3 Å². The molecule has 4 rings (SSSR count). The Balaban J connectivity index is 1.36. The molecule has 0 radical (unpaired) electrons. The average Bonchev–Trinajstić information content (AvgIpc) is 3.24. The number of aromatic nitrogens is 1. The minimum atomic E-state index is -0.354. The van der Waals surface area contributed by atoms with E-state index in [0.717, 1.165) is 11.3 Å². The van der Waals surface area contributed by atoms with Crippen molar-refractivity contribution < 1.29 is 18.7 Å². The van der Waals surface area contributed by atoms with Gasteiger partial charge in [-0.1, -0.05) is 29.4 Å². The number of nitrogens with one attached hydrogen (secondary N) is 1. The summed E-state index contributed by atoms with van der Waals surface area (Å²) in [5.41, 5.74) is 2.26. The Bertz CT molecular complexity index is 975. The van der Waals surface area contributed by atoms with E-state index in [1.54, 1.807) is 18.2 Å². The number of hydrogen-bond acceptors (Lipinski definition) is 6. The molecule has 0 spiro atoms. The fourth-order valence-electron chi connectivity index (χ4n) is 2.52. The van der Waals surface area contributed by atoms with Crippen LogP contribution in [0.2, 0.25) is 5.02 Å². The number of rotatable bonds is 5. The molecule has 1 atom stereocenters. The second-order valence-corrected chi connectivity index (χ2v) is 7.49. The molecule has 2 heterocycles. The predicted molar refractivity (Wildman–Crippen MR) is 98.7 cm³/mol. The molecule has 0 saturated heterocycles. The number of halogens is 1. The molecular formula is C18H15ClN2O4S. The smallest absolute Gasteiger partial charge is 0.257 e. The van der Waals surface area contributed by atoms with Gasteiger partial charge >= 0.3 is 0 Å². The quantitative estimate of drug-likeness (QED) is 0.663. The summed E-state index contributed by atoms with van der Waals surface area (Å²) in [6.07, 6.45) is 0. The summed E-state index contributed by atoms with van der Waals surface area (Å²) in [5, 5.41) is 3.57. The van der Waals surface area contributed by atoms with Gasteiger partial charge in [0.2, 0.25) is 12.7 Å². The van der Waals surface area contributed by atoms with Crippen LogP contribution < -0.4 is 14.8 Å². The number of carbonyl (C=O) groups is 1. The van der Waals surface area contributed by atoms with Crippen LogP contribution in [0.15, 0.2) is 46.0 Å². The summed E-state index contributed by atoms with van der Waals surface area (Å²) in [6, 6.07) is 10.9. The first kappa shape index (κ1) is 17.1. The molecular weight excluding hydrogens is 376 g/mol. The predicted octanol–water partition coefficient (Wildman–Crippen LogP) is 4.01. The van der Waals surface area contributed by atoms with Crippen LogP contribution in [-0.4, -0.2) is 22.9 Å². The first-order chi connectivity index (χ1) is 12.6. The number of oxazole rings is 1. The van der Waals surface area contributed by atoms with Crippen LogP contribution in [0.3, 0.4) is 0 Å². The third-order valence-corrected chi connectivity index (χ3v) is 5.06. The lowest BCUT2D eigenvalue weighted by molar-refractivity contribution is -0.120. The van der Waals surface area contributed by atoms with Gasteiger partial charge in [0.05, 0.1) is 5.25 Å². The molecule has 134 valence electrons. The van der Waals surface area contributed by atoms with Crippen molar-refractivity contribution in [2.24, 2.45) is 0 Å². The number of hydrogen-bond donors (Lipinski definition) is 1. The van der Waals surface area contributed by atoms with Crippen molar-refractivity contribution in [3.05, 3.63) is 47.0 Å². The van der Waals surface area contributed by atoms with Crippen molar-refractivity contribution in [2.75, 3.05) is 6.79 Å². The normalized spacial score (nSPS) is 13.8. The van der Waals surface area contributed by atoms with E-state index in [0.29, 0.717) is 33.6 Å². The lowest BCUT2D eigenvalue weighted by Crippen LogP contribution is -2.30. The fraction of sp³-hybridized carbons (Fsp3) is 0.222. The first-order valence-electron chi connectivity index (χ1n) is 7.97. The SMILES string of the molecule is C[C@@H](Sc1nc2ccc(Cl)cc2o1)C(=O)NCc1ccc2c(c1)OCO2. The standard InChI is InChI=1S/C18H15ClN2O4S/c1-10(26-18-21-13-4-3-12(19)7-15(13)25-18)17(22)20-8-11-2-5-14-16(6-11)24-9-23-14/h2-7,10H,8-9H2,1H3,(H,20,22)/t10-/m1/s1.